The van der Waals surface area contributed by atoms with Crippen LogP contribution >= 0.6 is 0 Å². The number of aromatic amines is 2. The van der Waals surface area contributed by atoms with E-state index in [0.717, 1.165) is 11.6 Å². The second kappa shape index (κ2) is 5.78. The summed E-state index contributed by atoms with van der Waals surface area (Å²) in [6.07, 6.45) is 0. The number of benzene rings is 1. The number of carbonyl (C=O) groups is 1. The van der Waals surface area contributed by atoms with Crippen molar-refractivity contribution in [2.45, 2.75) is 6.54 Å². The Morgan fingerprint density at radius 1 is 1.11 bits per heavy atom. The van der Waals surface area contributed by atoms with E-state index in [-0.39, 0.29) is 5.69 Å². The highest BCUT2D eigenvalue weighted by Crippen LogP contribution is 1.96. The van der Waals surface area contributed by atoms with E-state index < -0.39 is 17.2 Å². The molecule has 2 rings (SSSR count). The van der Waals surface area contributed by atoms with E-state index in [0.29, 0.717) is 6.54 Å². The number of H-pyrrole nitrogens is 2. The zero-order chi connectivity index (χ0) is 13.7. The smallest absolute Gasteiger partial charge is 0.303 e. The molecule has 0 unspecified atom stereocenters. The van der Waals surface area contributed by atoms with Gasteiger partial charge in [0.15, 0.2) is 0 Å². The maximum absolute atomic E-state index is 11.6. The molecule has 0 fully saturated rings. The number of carbonyl (C=O) groups excluding carboxylic acids is 1. The number of rotatable bonds is 4. The largest absolute Gasteiger partial charge is 0.326 e. The molecule has 0 atom stereocenters. The average molecular weight is 260 g/mol. The first-order chi connectivity index (χ1) is 9.15. The third-order valence-corrected chi connectivity index (χ3v) is 2.34. The maximum Gasteiger partial charge on any atom is 0.326 e. The van der Waals surface area contributed by atoms with Crippen molar-refractivity contribution in [3.05, 3.63) is 68.5 Å². The lowest BCUT2D eigenvalue weighted by molar-refractivity contribution is 0.0926. The fourth-order valence-electron chi connectivity index (χ4n) is 1.48. The molecule has 98 valence electrons. The summed E-state index contributed by atoms with van der Waals surface area (Å²) in [7, 11) is 0. The van der Waals surface area contributed by atoms with Gasteiger partial charge in [-0.2, -0.15) is 0 Å². The van der Waals surface area contributed by atoms with Crippen LogP contribution in [-0.2, 0) is 6.54 Å². The molecule has 7 nitrogen and oxygen atoms in total. The van der Waals surface area contributed by atoms with Gasteiger partial charge >= 0.3 is 5.69 Å². The summed E-state index contributed by atoms with van der Waals surface area (Å²) >= 11 is 0. The van der Waals surface area contributed by atoms with Crippen molar-refractivity contribution < 1.29 is 4.79 Å². The Morgan fingerprint density at radius 2 is 1.84 bits per heavy atom. The third kappa shape index (κ3) is 3.65. The van der Waals surface area contributed by atoms with Gasteiger partial charge < -0.3 is 4.98 Å². The molecule has 1 aromatic carbocycles. The Balaban J connectivity index is 1.95. The molecule has 0 saturated heterocycles. The lowest BCUT2D eigenvalue weighted by atomic mass is 10.2. The number of amides is 1. The van der Waals surface area contributed by atoms with Crippen LogP contribution in [0.4, 0.5) is 0 Å². The fraction of sp³-hybridized carbons (Fsp3) is 0.0833. The summed E-state index contributed by atoms with van der Waals surface area (Å²) < 4.78 is 0. The second-order valence-electron chi connectivity index (χ2n) is 3.79. The molecule has 1 aromatic heterocycles. The van der Waals surface area contributed by atoms with Gasteiger partial charge in [0, 0.05) is 12.6 Å². The molecule has 0 aliphatic carbocycles. The van der Waals surface area contributed by atoms with Gasteiger partial charge in [-0.15, -0.1) is 0 Å². The van der Waals surface area contributed by atoms with Crippen LogP contribution < -0.4 is 22.1 Å². The van der Waals surface area contributed by atoms with Crippen molar-refractivity contribution in [3.8, 4) is 0 Å². The number of nitrogens with one attached hydrogen (secondary N) is 4. The van der Waals surface area contributed by atoms with E-state index in [2.05, 4.69) is 15.8 Å². The molecule has 0 aliphatic rings. The maximum atomic E-state index is 11.6. The van der Waals surface area contributed by atoms with Gasteiger partial charge in [0.25, 0.3) is 11.5 Å². The molecule has 4 N–H and O–H groups in total. The van der Waals surface area contributed by atoms with Crippen molar-refractivity contribution in [1.82, 2.24) is 20.8 Å². The Hall–Kier alpha value is -2.67. The molecule has 0 bridgehead atoms. The van der Waals surface area contributed by atoms with E-state index in [9.17, 15) is 14.4 Å². The molecule has 2 aromatic rings. The predicted octanol–water partition coefficient (Wildman–Crippen LogP) is -0.502. The molecular weight excluding hydrogens is 248 g/mol. The van der Waals surface area contributed by atoms with Crippen LogP contribution in [0.1, 0.15) is 16.1 Å². The summed E-state index contributed by atoms with van der Waals surface area (Å²) in [5.74, 6) is -0.584. The summed E-state index contributed by atoms with van der Waals surface area (Å²) in [6, 6.07) is 10.5. The van der Waals surface area contributed by atoms with E-state index in [1.54, 1.807) is 0 Å². The first-order valence-corrected chi connectivity index (χ1v) is 5.56. The number of hydrogen-bond acceptors (Lipinski definition) is 4. The highest BCUT2D eigenvalue weighted by atomic mass is 16.2. The minimum absolute atomic E-state index is 0.102. The Morgan fingerprint density at radius 3 is 2.53 bits per heavy atom. The summed E-state index contributed by atoms with van der Waals surface area (Å²) in [5.41, 5.74) is 4.63. The quantitative estimate of drug-likeness (QED) is 0.556. The van der Waals surface area contributed by atoms with Gasteiger partial charge in [0.2, 0.25) is 0 Å². The summed E-state index contributed by atoms with van der Waals surface area (Å²) in [6.45, 7) is 0.431. The minimum Gasteiger partial charge on any atom is -0.303 e. The van der Waals surface area contributed by atoms with Crippen molar-refractivity contribution in [1.29, 1.82) is 0 Å². The molecule has 1 amide bonds. The van der Waals surface area contributed by atoms with E-state index in [4.69, 9.17) is 0 Å². The van der Waals surface area contributed by atoms with Gasteiger partial charge in [-0.05, 0) is 5.56 Å². The van der Waals surface area contributed by atoms with Crippen LogP contribution in [0.15, 0.2) is 46.0 Å². The van der Waals surface area contributed by atoms with Crippen molar-refractivity contribution in [2.24, 2.45) is 0 Å². The highest BCUT2D eigenvalue weighted by molar-refractivity contribution is 5.91. The van der Waals surface area contributed by atoms with Crippen LogP contribution in [0, 0.1) is 0 Å². The standard InChI is InChI=1S/C12H12N4O3/c17-10-6-9(14-12(19)15-10)11(18)16-13-7-8-4-2-1-3-5-8/h1-6,13H,7H2,(H,16,18)(H2,14,15,17,19). The van der Waals surface area contributed by atoms with Crippen molar-refractivity contribution in [3.63, 3.8) is 0 Å². The van der Waals surface area contributed by atoms with Crippen molar-refractivity contribution in [2.75, 3.05) is 0 Å². The van der Waals surface area contributed by atoms with Gasteiger partial charge in [-0.1, -0.05) is 30.3 Å². The van der Waals surface area contributed by atoms with Gasteiger partial charge in [0.05, 0.1) is 0 Å². The lowest BCUT2D eigenvalue weighted by Gasteiger charge is -2.06. The summed E-state index contributed by atoms with van der Waals surface area (Å²) in [4.78, 5) is 37.9. The van der Waals surface area contributed by atoms with Crippen LogP contribution in [0.2, 0.25) is 0 Å². The zero-order valence-corrected chi connectivity index (χ0v) is 9.90. The van der Waals surface area contributed by atoms with E-state index in [1.807, 2.05) is 35.3 Å². The third-order valence-electron chi connectivity index (χ3n) is 2.34. The molecule has 19 heavy (non-hydrogen) atoms. The first kappa shape index (κ1) is 12.8. The summed E-state index contributed by atoms with van der Waals surface area (Å²) in [5, 5.41) is 0. The predicted molar refractivity (Wildman–Crippen MR) is 68.4 cm³/mol. The minimum atomic E-state index is -0.722. The van der Waals surface area contributed by atoms with Crippen molar-refractivity contribution >= 4 is 5.91 Å². The van der Waals surface area contributed by atoms with Crippen LogP contribution in [-0.4, -0.2) is 15.9 Å². The Kier molecular flexibility index (Phi) is 3.89. The second-order valence-corrected chi connectivity index (χ2v) is 3.79. The Labute approximate surface area is 107 Å². The number of hydrogen-bond donors (Lipinski definition) is 4. The van der Waals surface area contributed by atoms with Crippen LogP contribution in [0.25, 0.3) is 0 Å². The van der Waals surface area contributed by atoms with Gasteiger partial charge in [-0.3, -0.25) is 20.0 Å². The molecule has 0 saturated carbocycles. The molecule has 0 radical (unpaired) electrons. The highest BCUT2D eigenvalue weighted by Gasteiger charge is 2.06. The van der Waals surface area contributed by atoms with Crippen LogP contribution in [0.3, 0.4) is 0 Å². The average Bonchev–Trinajstić information content (AvgIpc) is 2.38. The van der Waals surface area contributed by atoms with E-state index >= 15 is 0 Å². The topological polar surface area (TPSA) is 107 Å². The van der Waals surface area contributed by atoms with Gasteiger partial charge in [0.1, 0.15) is 5.69 Å². The lowest BCUT2D eigenvalue weighted by Crippen LogP contribution is -2.39. The van der Waals surface area contributed by atoms with E-state index in [1.165, 1.54) is 0 Å². The SMILES string of the molecule is O=C(NNCc1ccccc1)c1cc(=O)[nH]c(=O)[nH]1. The van der Waals surface area contributed by atoms with Gasteiger partial charge in [-0.25, -0.2) is 10.2 Å². The first-order valence-electron chi connectivity index (χ1n) is 5.56. The molecule has 0 aliphatic heterocycles. The molecule has 1 heterocycles. The number of hydrazine groups is 1. The molecular formula is C12H12N4O3. The Bertz CT molecular complexity index is 647. The molecule has 0 spiro atoms. The monoisotopic (exact) mass is 260 g/mol. The zero-order valence-electron chi connectivity index (χ0n) is 9.90. The normalized spacial score (nSPS) is 10.1. The fourth-order valence-corrected chi connectivity index (χ4v) is 1.48. The van der Waals surface area contributed by atoms with Crippen LogP contribution in [0.5, 0.6) is 0 Å². The number of aromatic nitrogens is 2. The molecule has 7 heteroatoms.